The molecule has 0 bridgehead atoms. The Kier molecular flexibility index (Phi) is 16.0. The Labute approximate surface area is 119 Å². The van der Waals surface area contributed by atoms with Gasteiger partial charge in [-0.2, -0.15) is 0 Å². The molecular weight excluding hydrogens is 268 g/mol. The molecule has 4 atom stereocenters. The van der Waals surface area contributed by atoms with Crippen molar-refractivity contribution in [1.29, 1.82) is 0 Å². The van der Waals surface area contributed by atoms with Crippen LogP contribution in [0.25, 0.3) is 0 Å². The molecule has 0 heterocycles. The standard InChI is InChI=1S/C6H16N2.C6H12O6/c7-5-3-1-2-4-6-8;7-1-3(9)5(11)6(12)4(10)2-8/h1-8H2;1,3-6,8-12H,2H2/t;3-,4+,5+,6+/m.0/s1. The molecule has 0 fully saturated rings. The first-order valence-electron chi connectivity index (χ1n) is 6.64. The Balaban J connectivity index is 0. The number of unbranched alkanes of at least 4 members (excludes halogenated alkanes) is 3. The molecule has 0 saturated carbocycles. The van der Waals surface area contributed by atoms with E-state index in [1.807, 2.05) is 0 Å². The first kappa shape index (κ1) is 21.7. The summed E-state index contributed by atoms with van der Waals surface area (Å²) in [6, 6.07) is 0. The highest BCUT2D eigenvalue weighted by atomic mass is 16.4. The van der Waals surface area contributed by atoms with Crippen LogP contribution in [0.2, 0.25) is 0 Å². The summed E-state index contributed by atoms with van der Waals surface area (Å²) in [5, 5.41) is 43.5. The molecule has 0 spiro atoms. The minimum atomic E-state index is -1.79. The van der Waals surface area contributed by atoms with E-state index in [-0.39, 0.29) is 6.29 Å². The van der Waals surface area contributed by atoms with Crippen molar-refractivity contribution in [2.24, 2.45) is 11.5 Å². The van der Waals surface area contributed by atoms with E-state index < -0.39 is 31.0 Å². The van der Waals surface area contributed by atoms with Crippen LogP contribution in [0.5, 0.6) is 0 Å². The van der Waals surface area contributed by atoms with Crippen LogP contribution in [0.4, 0.5) is 0 Å². The van der Waals surface area contributed by atoms with E-state index in [1.165, 1.54) is 12.8 Å². The summed E-state index contributed by atoms with van der Waals surface area (Å²) >= 11 is 0. The van der Waals surface area contributed by atoms with E-state index in [2.05, 4.69) is 0 Å². The molecule has 0 aliphatic carbocycles. The van der Waals surface area contributed by atoms with Gasteiger partial charge in [0.1, 0.15) is 24.4 Å². The fraction of sp³-hybridized carbons (Fsp3) is 0.917. The van der Waals surface area contributed by atoms with Crippen LogP contribution < -0.4 is 11.5 Å². The molecule has 9 N–H and O–H groups in total. The van der Waals surface area contributed by atoms with E-state index in [9.17, 15) is 4.79 Å². The molecule has 0 unspecified atom stereocenters. The zero-order valence-electron chi connectivity index (χ0n) is 11.6. The Bertz CT molecular complexity index is 214. The minimum Gasteiger partial charge on any atom is -0.394 e. The van der Waals surface area contributed by atoms with Gasteiger partial charge in [0.2, 0.25) is 0 Å². The monoisotopic (exact) mass is 296 g/mol. The number of carbonyl (C=O) groups excluding carboxylic acids is 1. The predicted octanol–water partition coefficient (Wildman–Crippen LogP) is -2.91. The summed E-state index contributed by atoms with van der Waals surface area (Å²) < 4.78 is 0. The number of carbonyl (C=O) groups is 1. The lowest BCUT2D eigenvalue weighted by Crippen LogP contribution is -2.46. The largest absolute Gasteiger partial charge is 0.394 e. The Morgan fingerprint density at radius 2 is 1.30 bits per heavy atom. The van der Waals surface area contributed by atoms with Gasteiger partial charge in [0.25, 0.3) is 0 Å². The summed E-state index contributed by atoms with van der Waals surface area (Å²) in [5.41, 5.74) is 10.6. The fourth-order valence-electron chi connectivity index (χ4n) is 1.26. The number of aliphatic hydroxyl groups excluding tert-OH is 5. The third kappa shape index (κ3) is 11.2. The van der Waals surface area contributed by atoms with Crippen LogP contribution in [-0.4, -0.2) is 75.9 Å². The van der Waals surface area contributed by atoms with Gasteiger partial charge in [-0.05, 0) is 25.9 Å². The van der Waals surface area contributed by atoms with Gasteiger partial charge in [0.05, 0.1) is 6.61 Å². The maximum Gasteiger partial charge on any atom is 0.151 e. The number of hydrogen-bond donors (Lipinski definition) is 7. The quantitative estimate of drug-likeness (QED) is 0.166. The van der Waals surface area contributed by atoms with Gasteiger partial charge < -0.3 is 41.8 Å². The van der Waals surface area contributed by atoms with E-state index >= 15 is 0 Å². The number of aliphatic hydroxyl groups is 5. The van der Waals surface area contributed by atoms with E-state index in [1.54, 1.807) is 0 Å². The summed E-state index contributed by atoms with van der Waals surface area (Å²) in [6.45, 7) is 0.888. The van der Waals surface area contributed by atoms with Crippen LogP contribution in [0.3, 0.4) is 0 Å². The van der Waals surface area contributed by atoms with Crippen molar-refractivity contribution < 1.29 is 30.3 Å². The molecule has 0 aliphatic rings. The van der Waals surface area contributed by atoms with Crippen molar-refractivity contribution in [2.45, 2.75) is 50.1 Å². The third-order valence-electron chi connectivity index (χ3n) is 2.58. The molecular formula is C12H28N2O6. The van der Waals surface area contributed by atoms with Crippen molar-refractivity contribution in [3.05, 3.63) is 0 Å². The summed E-state index contributed by atoms with van der Waals surface area (Å²) in [4.78, 5) is 9.90. The van der Waals surface area contributed by atoms with Crippen LogP contribution >= 0.6 is 0 Å². The third-order valence-corrected chi connectivity index (χ3v) is 2.58. The van der Waals surface area contributed by atoms with Crippen LogP contribution in [0.15, 0.2) is 0 Å². The molecule has 0 rings (SSSR count). The molecule has 0 aliphatic heterocycles. The topological polar surface area (TPSA) is 170 Å². The number of hydrogen-bond acceptors (Lipinski definition) is 8. The molecule has 0 aromatic heterocycles. The average molecular weight is 296 g/mol. The molecule has 8 nitrogen and oxygen atoms in total. The van der Waals surface area contributed by atoms with Gasteiger partial charge in [-0.1, -0.05) is 12.8 Å². The average Bonchev–Trinajstić information content (AvgIpc) is 2.49. The van der Waals surface area contributed by atoms with Crippen molar-refractivity contribution in [2.75, 3.05) is 19.7 Å². The van der Waals surface area contributed by atoms with Gasteiger partial charge in [-0.15, -0.1) is 0 Å². The number of aldehydes is 1. The van der Waals surface area contributed by atoms with Crippen molar-refractivity contribution >= 4 is 6.29 Å². The summed E-state index contributed by atoms with van der Waals surface area (Å²) in [6.07, 6.45) is -2.05. The van der Waals surface area contributed by atoms with Gasteiger partial charge in [0.15, 0.2) is 6.29 Å². The highest BCUT2D eigenvalue weighted by Gasteiger charge is 2.29. The molecule has 0 saturated heterocycles. The zero-order valence-corrected chi connectivity index (χ0v) is 11.6. The Hall–Kier alpha value is -0.610. The lowest BCUT2D eigenvalue weighted by atomic mass is 10.0. The van der Waals surface area contributed by atoms with Crippen molar-refractivity contribution in [3.63, 3.8) is 0 Å². The number of rotatable bonds is 10. The lowest BCUT2D eigenvalue weighted by Gasteiger charge is -2.22. The smallest absolute Gasteiger partial charge is 0.151 e. The molecule has 0 aromatic rings. The second-order valence-electron chi connectivity index (χ2n) is 4.35. The molecule has 122 valence electrons. The van der Waals surface area contributed by atoms with E-state index in [0.29, 0.717) is 0 Å². The van der Waals surface area contributed by atoms with E-state index in [0.717, 1.165) is 25.9 Å². The second-order valence-corrected chi connectivity index (χ2v) is 4.35. The highest BCUT2D eigenvalue weighted by molar-refractivity contribution is 5.56. The normalized spacial score (nSPS) is 16.6. The van der Waals surface area contributed by atoms with Gasteiger partial charge in [-0.25, -0.2) is 0 Å². The highest BCUT2D eigenvalue weighted by Crippen LogP contribution is 2.02. The predicted molar refractivity (Wildman–Crippen MR) is 73.8 cm³/mol. The first-order valence-corrected chi connectivity index (χ1v) is 6.64. The second kappa shape index (κ2) is 14.8. The zero-order chi connectivity index (χ0) is 16.0. The van der Waals surface area contributed by atoms with Crippen molar-refractivity contribution in [3.8, 4) is 0 Å². The maximum atomic E-state index is 9.90. The minimum absolute atomic E-state index is 0.0258. The molecule has 20 heavy (non-hydrogen) atoms. The maximum absolute atomic E-state index is 9.90. The SMILES string of the molecule is NCCCCCCN.O=C[C@H](O)[C@@H](O)[C@H](O)[C@H](O)CO. The lowest BCUT2D eigenvalue weighted by molar-refractivity contribution is -0.136. The Morgan fingerprint density at radius 1 is 0.850 bits per heavy atom. The molecule has 0 radical (unpaired) electrons. The van der Waals surface area contributed by atoms with E-state index in [4.69, 9.17) is 37.0 Å². The number of nitrogens with two attached hydrogens (primary N) is 2. The molecule has 8 heteroatoms. The van der Waals surface area contributed by atoms with Crippen LogP contribution in [-0.2, 0) is 4.79 Å². The summed E-state index contributed by atoms with van der Waals surface area (Å²) in [5.74, 6) is 0. The fourth-order valence-corrected chi connectivity index (χ4v) is 1.26. The Morgan fingerprint density at radius 3 is 1.60 bits per heavy atom. The molecule has 0 amide bonds. The van der Waals surface area contributed by atoms with Gasteiger partial charge >= 0.3 is 0 Å². The first-order chi connectivity index (χ1) is 9.45. The summed E-state index contributed by atoms with van der Waals surface area (Å²) in [7, 11) is 0. The van der Waals surface area contributed by atoms with Gasteiger partial charge in [-0.3, -0.25) is 0 Å². The van der Waals surface area contributed by atoms with Crippen LogP contribution in [0.1, 0.15) is 25.7 Å². The van der Waals surface area contributed by atoms with Crippen LogP contribution in [0, 0.1) is 0 Å². The van der Waals surface area contributed by atoms with Crippen molar-refractivity contribution in [1.82, 2.24) is 0 Å². The molecule has 0 aromatic carbocycles. The van der Waals surface area contributed by atoms with Gasteiger partial charge in [0, 0.05) is 0 Å².